The van der Waals surface area contributed by atoms with E-state index in [1.165, 1.54) is 12.2 Å². The van der Waals surface area contributed by atoms with E-state index in [9.17, 15) is 0 Å². The molecule has 1 heterocycles. The molecule has 0 aromatic rings. The molecule has 0 aliphatic carbocycles. The molecule has 0 amide bonds. The maximum Gasteiger partial charge on any atom is 0.0319 e. The van der Waals surface area contributed by atoms with E-state index in [1.54, 1.807) is 0 Å². The minimum Gasteiger partial charge on any atom is -0.314 e. The summed E-state index contributed by atoms with van der Waals surface area (Å²) in [7, 11) is 0. The highest BCUT2D eigenvalue weighted by Gasteiger charge is 2.17. The van der Waals surface area contributed by atoms with Gasteiger partial charge in [0.05, 0.1) is 0 Å². The van der Waals surface area contributed by atoms with Crippen molar-refractivity contribution in [2.24, 2.45) is 0 Å². The van der Waals surface area contributed by atoms with Crippen LogP contribution in [0.3, 0.4) is 0 Å². The number of thioether (sulfide) groups is 1. The highest BCUT2D eigenvalue weighted by atomic mass is 32.2. The molecule has 1 aliphatic heterocycles. The van der Waals surface area contributed by atoms with Crippen LogP contribution < -0.4 is 10.6 Å². The Balaban J connectivity index is 1.95. The van der Waals surface area contributed by atoms with Crippen LogP contribution in [0.5, 0.6) is 0 Å². The molecule has 0 bridgehead atoms. The zero-order chi connectivity index (χ0) is 8.10. The van der Waals surface area contributed by atoms with Crippen molar-refractivity contribution in [1.82, 2.24) is 10.6 Å². The predicted octanol–water partition coefficient (Wildman–Crippen LogP) is 0.689. The van der Waals surface area contributed by atoms with Gasteiger partial charge in [-0.05, 0) is 25.4 Å². The van der Waals surface area contributed by atoms with E-state index in [-0.39, 0.29) is 0 Å². The molecule has 0 aromatic heterocycles. The van der Waals surface area contributed by atoms with Gasteiger partial charge in [-0.15, -0.1) is 0 Å². The third-order valence-corrected chi connectivity index (χ3v) is 2.70. The summed E-state index contributed by atoms with van der Waals surface area (Å²) in [5.74, 6) is 1.27. The third kappa shape index (κ3) is 3.45. The average Bonchev–Trinajstić information content (AvgIpc) is 1.93. The standard InChI is InChI=1S/C8H18N2S/c1-7(3-4-11-2)10-8-5-9-6-8/h7-10H,3-6H2,1-2H3. The Morgan fingerprint density at radius 2 is 2.36 bits per heavy atom. The Hall–Kier alpha value is 0.270. The van der Waals surface area contributed by atoms with Crippen LogP contribution in [0.2, 0.25) is 0 Å². The summed E-state index contributed by atoms with van der Waals surface area (Å²) in [5.41, 5.74) is 0. The minimum absolute atomic E-state index is 0.689. The third-order valence-electron chi connectivity index (χ3n) is 2.06. The van der Waals surface area contributed by atoms with Crippen LogP contribution in [0.4, 0.5) is 0 Å². The molecule has 0 spiro atoms. The lowest BCUT2D eigenvalue weighted by molar-refractivity contribution is 0.332. The maximum atomic E-state index is 3.58. The van der Waals surface area contributed by atoms with Gasteiger partial charge in [-0.3, -0.25) is 0 Å². The van der Waals surface area contributed by atoms with Crippen molar-refractivity contribution in [3.63, 3.8) is 0 Å². The molecule has 0 aromatic carbocycles. The van der Waals surface area contributed by atoms with Gasteiger partial charge in [-0.2, -0.15) is 11.8 Å². The lowest BCUT2D eigenvalue weighted by atomic mass is 10.1. The molecule has 1 fully saturated rings. The number of nitrogens with one attached hydrogen (secondary N) is 2. The molecule has 11 heavy (non-hydrogen) atoms. The van der Waals surface area contributed by atoms with Crippen LogP contribution in [-0.2, 0) is 0 Å². The SMILES string of the molecule is CSCCC(C)NC1CNC1. The molecule has 1 rings (SSSR count). The first-order chi connectivity index (χ1) is 5.33. The summed E-state index contributed by atoms with van der Waals surface area (Å²) in [5, 5.41) is 6.83. The predicted molar refractivity (Wildman–Crippen MR) is 52.3 cm³/mol. The fraction of sp³-hybridized carbons (Fsp3) is 1.00. The summed E-state index contributed by atoms with van der Waals surface area (Å²) in [6.45, 7) is 4.59. The van der Waals surface area contributed by atoms with E-state index in [2.05, 4.69) is 23.8 Å². The van der Waals surface area contributed by atoms with Crippen molar-refractivity contribution in [3.8, 4) is 0 Å². The monoisotopic (exact) mass is 174 g/mol. The van der Waals surface area contributed by atoms with E-state index in [0.29, 0.717) is 6.04 Å². The van der Waals surface area contributed by atoms with E-state index >= 15 is 0 Å². The van der Waals surface area contributed by atoms with Crippen LogP contribution in [0.1, 0.15) is 13.3 Å². The molecule has 0 radical (unpaired) electrons. The first-order valence-electron chi connectivity index (χ1n) is 4.28. The van der Waals surface area contributed by atoms with Crippen molar-refractivity contribution in [1.29, 1.82) is 0 Å². The summed E-state index contributed by atoms with van der Waals surface area (Å²) >= 11 is 1.93. The smallest absolute Gasteiger partial charge is 0.0319 e. The van der Waals surface area contributed by atoms with Crippen LogP contribution in [0.15, 0.2) is 0 Å². The van der Waals surface area contributed by atoms with Crippen LogP contribution in [-0.4, -0.2) is 37.2 Å². The van der Waals surface area contributed by atoms with Gasteiger partial charge in [0.1, 0.15) is 0 Å². The largest absolute Gasteiger partial charge is 0.314 e. The molecule has 1 unspecified atom stereocenters. The zero-order valence-electron chi connectivity index (χ0n) is 7.39. The minimum atomic E-state index is 0.689. The number of rotatable bonds is 5. The van der Waals surface area contributed by atoms with Crippen LogP contribution >= 0.6 is 11.8 Å². The van der Waals surface area contributed by atoms with Crippen molar-refractivity contribution in [2.75, 3.05) is 25.1 Å². The van der Waals surface area contributed by atoms with Gasteiger partial charge in [0.15, 0.2) is 0 Å². The maximum absolute atomic E-state index is 3.58. The topological polar surface area (TPSA) is 24.1 Å². The van der Waals surface area contributed by atoms with Crippen molar-refractivity contribution in [3.05, 3.63) is 0 Å². The summed E-state index contributed by atoms with van der Waals surface area (Å²) < 4.78 is 0. The first-order valence-corrected chi connectivity index (χ1v) is 5.68. The molecule has 1 aliphatic rings. The molecule has 66 valence electrons. The highest BCUT2D eigenvalue weighted by Crippen LogP contribution is 2.02. The Kier molecular flexibility index (Phi) is 4.26. The van der Waals surface area contributed by atoms with Crippen molar-refractivity contribution < 1.29 is 0 Å². The second-order valence-electron chi connectivity index (χ2n) is 3.20. The van der Waals surface area contributed by atoms with E-state index in [4.69, 9.17) is 0 Å². The molecular weight excluding hydrogens is 156 g/mol. The van der Waals surface area contributed by atoms with Crippen molar-refractivity contribution in [2.45, 2.75) is 25.4 Å². The molecular formula is C8H18N2S. The number of hydrogen-bond acceptors (Lipinski definition) is 3. The number of hydrogen-bond donors (Lipinski definition) is 2. The Bertz CT molecular complexity index is 104. The Labute approximate surface area is 73.5 Å². The molecule has 1 atom stereocenters. The first kappa shape index (κ1) is 9.36. The molecule has 3 heteroatoms. The molecule has 2 nitrogen and oxygen atoms in total. The zero-order valence-corrected chi connectivity index (χ0v) is 8.21. The lowest BCUT2D eigenvalue weighted by Gasteiger charge is -2.31. The summed E-state index contributed by atoms with van der Waals surface area (Å²) in [6, 6.07) is 1.43. The second kappa shape index (κ2) is 5.01. The normalized spacial score (nSPS) is 21.3. The second-order valence-corrected chi connectivity index (χ2v) is 4.19. The summed E-state index contributed by atoms with van der Waals surface area (Å²) in [4.78, 5) is 0. The molecule has 0 saturated carbocycles. The fourth-order valence-electron chi connectivity index (χ4n) is 1.19. The van der Waals surface area contributed by atoms with Gasteiger partial charge < -0.3 is 10.6 Å². The molecule has 2 N–H and O–H groups in total. The average molecular weight is 174 g/mol. The lowest BCUT2D eigenvalue weighted by Crippen LogP contribution is -2.57. The van der Waals surface area contributed by atoms with Gasteiger partial charge in [0.2, 0.25) is 0 Å². The van der Waals surface area contributed by atoms with Gasteiger partial charge in [0, 0.05) is 25.2 Å². The summed E-state index contributed by atoms with van der Waals surface area (Å²) in [6.07, 6.45) is 3.45. The van der Waals surface area contributed by atoms with Crippen LogP contribution in [0.25, 0.3) is 0 Å². The van der Waals surface area contributed by atoms with E-state index < -0.39 is 0 Å². The van der Waals surface area contributed by atoms with Crippen molar-refractivity contribution >= 4 is 11.8 Å². The van der Waals surface area contributed by atoms with Gasteiger partial charge in [-0.25, -0.2) is 0 Å². The molecule has 1 saturated heterocycles. The highest BCUT2D eigenvalue weighted by molar-refractivity contribution is 7.98. The fourth-order valence-corrected chi connectivity index (χ4v) is 1.78. The Morgan fingerprint density at radius 3 is 2.82 bits per heavy atom. The quantitative estimate of drug-likeness (QED) is 0.641. The van der Waals surface area contributed by atoms with Crippen LogP contribution in [0, 0.1) is 0 Å². The van der Waals surface area contributed by atoms with Gasteiger partial charge in [-0.1, -0.05) is 0 Å². The van der Waals surface area contributed by atoms with Gasteiger partial charge in [0.25, 0.3) is 0 Å². The van der Waals surface area contributed by atoms with E-state index in [1.807, 2.05) is 11.8 Å². The Morgan fingerprint density at radius 1 is 1.64 bits per heavy atom. The van der Waals surface area contributed by atoms with E-state index in [0.717, 1.165) is 19.1 Å². The van der Waals surface area contributed by atoms with Gasteiger partial charge >= 0.3 is 0 Å².